The van der Waals surface area contributed by atoms with E-state index in [0.717, 1.165) is 32.2 Å². The highest BCUT2D eigenvalue weighted by Gasteiger charge is 2.23. The van der Waals surface area contributed by atoms with Crippen LogP contribution >= 0.6 is 0 Å². The van der Waals surface area contributed by atoms with Gasteiger partial charge in [0.2, 0.25) is 0 Å². The molecule has 1 aliphatic rings. The Hall–Kier alpha value is -2.00. The van der Waals surface area contributed by atoms with Crippen molar-refractivity contribution in [3.8, 4) is 0 Å². The van der Waals surface area contributed by atoms with E-state index in [1.807, 2.05) is 54.6 Å². The molecular weight excluding hydrogens is 358 g/mol. The van der Waals surface area contributed by atoms with Crippen molar-refractivity contribution in [3.05, 3.63) is 60.2 Å². The minimum Gasteiger partial charge on any atom is -0.314 e. The third kappa shape index (κ3) is 9.36. The highest BCUT2D eigenvalue weighted by Crippen LogP contribution is 2.22. The van der Waals surface area contributed by atoms with Gasteiger partial charge in [-0.1, -0.05) is 87.2 Å². The molecule has 1 aromatic carbocycles. The van der Waals surface area contributed by atoms with Gasteiger partial charge in [0.05, 0.1) is 0 Å². The SMILES string of the molecule is CCC1CC(C(=O)CCC(=O)c2ccccccccc2)CCCCCCCN1. The van der Waals surface area contributed by atoms with Crippen molar-refractivity contribution in [1.29, 1.82) is 0 Å². The van der Waals surface area contributed by atoms with Crippen LogP contribution in [0.4, 0.5) is 0 Å². The minimum absolute atomic E-state index is 0.0408. The molecule has 0 spiro atoms. The first-order valence-electron chi connectivity index (χ1n) is 11.4. The molecule has 0 aromatic heterocycles. The van der Waals surface area contributed by atoms with Crippen LogP contribution in [0.15, 0.2) is 54.6 Å². The number of carbonyl (C=O) groups excluding carboxylic acids is 2. The molecule has 158 valence electrons. The molecule has 3 heteroatoms. The van der Waals surface area contributed by atoms with Gasteiger partial charge in [-0.15, -0.1) is 0 Å². The van der Waals surface area contributed by atoms with Gasteiger partial charge < -0.3 is 5.32 Å². The van der Waals surface area contributed by atoms with Crippen LogP contribution in [-0.4, -0.2) is 24.2 Å². The van der Waals surface area contributed by atoms with Crippen molar-refractivity contribution in [1.82, 2.24) is 5.32 Å². The maximum absolute atomic E-state index is 13.0. The number of hydrogen-bond donors (Lipinski definition) is 1. The summed E-state index contributed by atoms with van der Waals surface area (Å²) in [5.74, 6) is 0.389. The first-order valence-corrected chi connectivity index (χ1v) is 11.4. The van der Waals surface area contributed by atoms with E-state index in [1.165, 1.54) is 25.7 Å². The van der Waals surface area contributed by atoms with Gasteiger partial charge >= 0.3 is 0 Å². The third-order valence-corrected chi connectivity index (χ3v) is 5.82. The molecule has 0 aliphatic carbocycles. The van der Waals surface area contributed by atoms with Crippen LogP contribution in [0.3, 0.4) is 0 Å². The standard InChI is InChI=1S/C26H37NO2/c1-2-24-21-23(17-13-9-6-10-14-20-27-24)26(29)19-18-25(28)22-15-11-7-4-3-5-8-12-16-22/h3-5,7-8,11-12,15-16,23-24,27H,2,6,9-10,13-14,17-21H2,1H3. The van der Waals surface area contributed by atoms with Gasteiger partial charge in [0, 0.05) is 30.4 Å². The van der Waals surface area contributed by atoms with Gasteiger partial charge in [-0.3, -0.25) is 9.59 Å². The van der Waals surface area contributed by atoms with Gasteiger partial charge in [0.1, 0.15) is 5.78 Å². The fraction of sp³-hybridized carbons (Fsp3) is 0.538. The van der Waals surface area contributed by atoms with Gasteiger partial charge in [0.15, 0.2) is 5.78 Å². The molecule has 2 unspecified atom stereocenters. The lowest BCUT2D eigenvalue weighted by Crippen LogP contribution is -2.33. The van der Waals surface area contributed by atoms with Crippen molar-refractivity contribution in [3.63, 3.8) is 0 Å². The second-order valence-corrected chi connectivity index (χ2v) is 8.07. The molecular formula is C26H37NO2. The Labute approximate surface area is 176 Å². The highest BCUT2D eigenvalue weighted by molar-refractivity contribution is 5.98. The van der Waals surface area contributed by atoms with Gasteiger partial charge in [0.25, 0.3) is 0 Å². The number of carbonyl (C=O) groups is 2. The average molecular weight is 396 g/mol. The zero-order valence-electron chi connectivity index (χ0n) is 17.9. The molecule has 2 atom stereocenters. The van der Waals surface area contributed by atoms with Crippen LogP contribution in [0, 0.1) is 5.92 Å². The molecule has 1 fully saturated rings. The van der Waals surface area contributed by atoms with Crippen LogP contribution in [0.5, 0.6) is 0 Å². The van der Waals surface area contributed by atoms with E-state index in [9.17, 15) is 9.59 Å². The summed E-state index contributed by atoms with van der Waals surface area (Å²) < 4.78 is 0. The van der Waals surface area contributed by atoms with Crippen molar-refractivity contribution < 1.29 is 9.59 Å². The summed E-state index contributed by atoms with van der Waals surface area (Å²) in [5.41, 5.74) is 0.657. The van der Waals surface area contributed by atoms with Crippen LogP contribution in [0.25, 0.3) is 0 Å². The Kier molecular flexibility index (Phi) is 11.3. The Bertz CT molecular complexity index is 659. The summed E-state index contributed by atoms with van der Waals surface area (Å²) in [7, 11) is 0. The number of nitrogens with one attached hydrogen (secondary N) is 1. The number of ketones is 2. The van der Waals surface area contributed by atoms with Crippen LogP contribution in [0.2, 0.25) is 0 Å². The number of hydrogen-bond acceptors (Lipinski definition) is 3. The van der Waals surface area contributed by atoms with E-state index in [2.05, 4.69) is 12.2 Å². The largest absolute Gasteiger partial charge is 0.314 e. The maximum Gasteiger partial charge on any atom is 0.163 e. The summed E-state index contributed by atoms with van der Waals surface area (Å²) in [5, 5.41) is 3.64. The molecule has 1 N–H and O–H groups in total. The topological polar surface area (TPSA) is 46.2 Å². The van der Waals surface area contributed by atoms with Crippen LogP contribution in [-0.2, 0) is 4.79 Å². The Morgan fingerprint density at radius 1 is 0.862 bits per heavy atom. The average Bonchev–Trinajstić information content (AvgIpc) is 2.80. The molecule has 0 bridgehead atoms. The second-order valence-electron chi connectivity index (χ2n) is 8.07. The molecule has 29 heavy (non-hydrogen) atoms. The lowest BCUT2D eigenvalue weighted by molar-refractivity contribution is -0.123. The Morgan fingerprint density at radius 3 is 2.17 bits per heavy atom. The third-order valence-electron chi connectivity index (χ3n) is 5.82. The van der Waals surface area contributed by atoms with Crippen molar-refractivity contribution in [2.45, 2.75) is 77.2 Å². The van der Waals surface area contributed by atoms with Gasteiger partial charge in [-0.05, 0) is 32.2 Å². The molecule has 1 aliphatic heterocycles. The molecule has 1 heterocycles. The molecule has 1 saturated heterocycles. The highest BCUT2D eigenvalue weighted by atomic mass is 16.1. The molecule has 0 radical (unpaired) electrons. The molecule has 2 rings (SSSR count). The van der Waals surface area contributed by atoms with E-state index in [0.29, 0.717) is 24.4 Å². The lowest BCUT2D eigenvalue weighted by Gasteiger charge is -2.22. The van der Waals surface area contributed by atoms with E-state index in [-0.39, 0.29) is 17.5 Å². The zero-order chi connectivity index (χ0) is 20.7. The van der Waals surface area contributed by atoms with Crippen LogP contribution < -0.4 is 5.32 Å². The Morgan fingerprint density at radius 2 is 1.48 bits per heavy atom. The smallest absolute Gasteiger partial charge is 0.163 e. The fourth-order valence-corrected chi connectivity index (χ4v) is 3.97. The predicted molar refractivity (Wildman–Crippen MR) is 121 cm³/mol. The second kappa shape index (κ2) is 14.1. The quantitative estimate of drug-likeness (QED) is 0.594. The zero-order valence-corrected chi connectivity index (χ0v) is 17.9. The van der Waals surface area contributed by atoms with E-state index in [1.54, 1.807) is 0 Å². The van der Waals surface area contributed by atoms with Crippen molar-refractivity contribution in [2.75, 3.05) is 6.54 Å². The van der Waals surface area contributed by atoms with E-state index >= 15 is 0 Å². The predicted octanol–water partition coefficient (Wildman–Crippen LogP) is 6.07. The van der Waals surface area contributed by atoms with Crippen LogP contribution in [0.1, 0.15) is 81.5 Å². The van der Waals surface area contributed by atoms with Crippen molar-refractivity contribution in [2.24, 2.45) is 5.92 Å². The van der Waals surface area contributed by atoms with Gasteiger partial charge in [-0.2, -0.15) is 0 Å². The van der Waals surface area contributed by atoms with Crippen molar-refractivity contribution >= 4 is 11.6 Å². The normalized spacial score (nSPS) is 20.7. The van der Waals surface area contributed by atoms with E-state index < -0.39 is 0 Å². The maximum atomic E-state index is 13.0. The fourth-order valence-electron chi connectivity index (χ4n) is 3.97. The lowest BCUT2D eigenvalue weighted by atomic mass is 9.87. The Balaban J connectivity index is 1.98. The van der Waals surface area contributed by atoms with E-state index in [4.69, 9.17) is 0 Å². The number of rotatable bonds is 6. The first kappa shape index (κ1) is 23.3. The minimum atomic E-state index is 0.0408. The summed E-state index contributed by atoms with van der Waals surface area (Å²) >= 11 is 0. The first-order chi connectivity index (χ1) is 14.2. The summed E-state index contributed by atoms with van der Waals surface area (Å²) in [6.45, 7) is 3.24. The number of Topliss-reactive ketones (excluding diaryl/α,β-unsaturated/α-hetero) is 2. The summed E-state index contributed by atoms with van der Waals surface area (Å²) in [6, 6.07) is 17.4. The molecule has 3 nitrogen and oxygen atoms in total. The monoisotopic (exact) mass is 395 g/mol. The summed E-state index contributed by atoms with van der Waals surface area (Å²) in [4.78, 5) is 25.6. The summed E-state index contributed by atoms with van der Waals surface area (Å²) in [6.07, 6.45) is 9.67. The molecule has 1 aromatic rings. The molecule has 0 amide bonds. The molecule has 0 saturated carbocycles. The van der Waals surface area contributed by atoms with Gasteiger partial charge in [-0.25, -0.2) is 0 Å².